The van der Waals surface area contributed by atoms with E-state index in [1.807, 2.05) is 0 Å². The van der Waals surface area contributed by atoms with Gasteiger partial charge in [0, 0.05) is 43.7 Å². The zero-order chi connectivity index (χ0) is 33.8. The van der Waals surface area contributed by atoms with Crippen LogP contribution in [0.25, 0.3) is 0 Å². The van der Waals surface area contributed by atoms with Gasteiger partial charge in [0.15, 0.2) is 0 Å². The summed E-state index contributed by atoms with van der Waals surface area (Å²) in [4.78, 5) is 27.0. The summed E-state index contributed by atoms with van der Waals surface area (Å²) in [7, 11) is -12.4. The van der Waals surface area contributed by atoms with Gasteiger partial charge in [-0.15, -0.1) is 0 Å². The van der Waals surface area contributed by atoms with Gasteiger partial charge in [-0.05, 0) is 96.8 Å². The van der Waals surface area contributed by atoms with Crippen LogP contribution in [0.4, 0.5) is 22.7 Å². The van der Waals surface area contributed by atoms with E-state index in [1.165, 1.54) is 48.5 Å². The number of sulfone groups is 1. The zero-order valence-electron chi connectivity index (χ0n) is 25.4. The van der Waals surface area contributed by atoms with Crippen molar-refractivity contribution in [2.45, 2.75) is 51.7 Å². The first-order valence-electron chi connectivity index (χ1n) is 15.2. The fraction of sp³-hybridized carbons (Fsp3) is 0.212. The van der Waals surface area contributed by atoms with E-state index in [9.17, 15) is 34.8 Å². The Morgan fingerprint density at radius 2 is 0.958 bits per heavy atom. The van der Waals surface area contributed by atoms with Crippen LogP contribution in [0.5, 0.6) is 0 Å². The molecular weight excluding hydrogens is 677 g/mol. The predicted molar refractivity (Wildman–Crippen MR) is 179 cm³/mol. The quantitative estimate of drug-likeness (QED) is 0.241. The molecule has 0 aliphatic carbocycles. The number of rotatable bonds is 8. The molecule has 15 heteroatoms. The van der Waals surface area contributed by atoms with Crippen LogP contribution in [0.2, 0.25) is 0 Å². The van der Waals surface area contributed by atoms with Crippen LogP contribution < -0.4 is 19.2 Å². The molecule has 3 heterocycles. The van der Waals surface area contributed by atoms with Gasteiger partial charge in [-0.25, -0.2) is 25.3 Å². The maximum Gasteiger partial charge on any atom is 0.261 e. The highest BCUT2D eigenvalue weighted by atomic mass is 32.2. The number of carbonyl (C=O) groups excluding carboxylic acids is 2. The third-order valence-corrected chi connectivity index (χ3v) is 13.4. The highest BCUT2D eigenvalue weighted by Crippen LogP contribution is 2.38. The largest absolute Gasteiger partial charge is 0.312 e. The predicted octanol–water partition coefficient (Wildman–Crippen LogP) is 4.28. The summed E-state index contributed by atoms with van der Waals surface area (Å²) in [5, 5.41) is 0. The number of amides is 2. The van der Waals surface area contributed by atoms with E-state index in [4.69, 9.17) is 0 Å². The fourth-order valence-electron chi connectivity index (χ4n) is 6.23. The van der Waals surface area contributed by atoms with Crippen molar-refractivity contribution in [3.05, 3.63) is 96.1 Å². The van der Waals surface area contributed by atoms with E-state index in [0.29, 0.717) is 48.4 Å². The second-order valence-corrected chi connectivity index (χ2v) is 17.1. The Morgan fingerprint density at radius 3 is 1.31 bits per heavy atom. The number of carbonyl (C=O) groups is 2. The molecule has 3 aliphatic heterocycles. The number of anilines is 4. The van der Waals surface area contributed by atoms with Crippen LogP contribution in [0.1, 0.15) is 36.8 Å². The van der Waals surface area contributed by atoms with Crippen LogP contribution >= 0.6 is 0 Å². The first kappa shape index (κ1) is 31.8. The summed E-state index contributed by atoms with van der Waals surface area (Å²) in [5.41, 5.74) is 2.21. The Bertz CT molecular complexity index is 2150. The molecule has 2 N–H and O–H groups in total. The number of benzene rings is 4. The lowest BCUT2D eigenvalue weighted by Gasteiger charge is -2.22. The highest BCUT2D eigenvalue weighted by Gasteiger charge is 2.31. The second kappa shape index (κ2) is 11.8. The molecular formula is C33H30N4O8S3. The van der Waals surface area contributed by atoms with Crippen LogP contribution in [-0.2, 0) is 45.9 Å². The SMILES string of the molecule is O=C1CCCN1c1ccc(S(=O)(=O)Nc2ccc3c(c2)S(=O)(=O)c2cc(NS(=O)(=O)c4ccc(N5CCCC5=O)cc4)ccc2C3)cc1. The lowest BCUT2D eigenvalue weighted by atomic mass is 10.0. The Hall–Kier alpha value is -4.73. The molecule has 0 atom stereocenters. The number of fused-ring (bicyclic) bond motifs is 2. The van der Waals surface area contributed by atoms with Crippen LogP contribution in [-0.4, -0.2) is 50.2 Å². The van der Waals surface area contributed by atoms with Gasteiger partial charge >= 0.3 is 0 Å². The third-order valence-electron chi connectivity index (χ3n) is 8.66. The molecule has 0 radical (unpaired) electrons. The molecule has 2 amide bonds. The molecule has 48 heavy (non-hydrogen) atoms. The minimum absolute atomic E-state index is 0.0210. The van der Waals surface area contributed by atoms with Gasteiger partial charge in [0.2, 0.25) is 21.7 Å². The molecule has 0 saturated carbocycles. The molecule has 248 valence electrons. The molecule has 4 aromatic carbocycles. The number of hydrogen-bond donors (Lipinski definition) is 2. The smallest absolute Gasteiger partial charge is 0.261 e. The summed E-state index contributed by atoms with van der Waals surface area (Å²) in [6.45, 7) is 1.14. The molecule has 7 rings (SSSR count). The lowest BCUT2D eigenvalue weighted by molar-refractivity contribution is -0.117. The Kier molecular flexibility index (Phi) is 7.80. The van der Waals surface area contributed by atoms with Gasteiger partial charge in [-0.3, -0.25) is 19.0 Å². The van der Waals surface area contributed by atoms with E-state index >= 15 is 0 Å². The molecule has 0 bridgehead atoms. The topological polar surface area (TPSA) is 167 Å². The molecule has 0 aromatic heterocycles. The fourth-order valence-corrected chi connectivity index (χ4v) is 10.1. The van der Waals surface area contributed by atoms with Crippen molar-refractivity contribution in [3.63, 3.8) is 0 Å². The summed E-state index contributed by atoms with van der Waals surface area (Å²) in [6, 6.07) is 20.4. The van der Waals surface area contributed by atoms with Gasteiger partial charge in [-0.1, -0.05) is 12.1 Å². The molecule has 4 aromatic rings. The Morgan fingerprint density at radius 1 is 0.562 bits per heavy atom. The van der Waals surface area contributed by atoms with Crippen molar-refractivity contribution >= 4 is 64.4 Å². The van der Waals surface area contributed by atoms with Crippen molar-refractivity contribution in [1.29, 1.82) is 0 Å². The van der Waals surface area contributed by atoms with Crippen molar-refractivity contribution < 1.29 is 34.8 Å². The number of hydrogen-bond acceptors (Lipinski definition) is 8. The molecule has 3 aliphatic rings. The molecule has 0 unspecified atom stereocenters. The zero-order valence-corrected chi connectivity index (χ0v) is 27.9. The maximum absolute atomic E-state index is 13.8. The normalized spacial score (nSPS) is 17.2. The number of nitrogens with one attached hydrogen (secondary N) is 2. The average molecular weight is 707 g/mol. The third kappa shape index (κ3) is 5.82. The van der Waals surface area contributed by atoms with Crippen molar-refractivity contribution in [2.24, 2.45) is 0 Å². The first-order valence-corrected chi connectivity index (χ1v) is 19.6. The van der Waals surface area contributed by atoms with Gasteiger partial charge in [0.05, 0.1) is 31.0 Å². The van der Waals surface area contributed by atoms with E-state index in [-0.39, 0.29) is 49.2 Å². The summed E-state index contributed by atoms with van der Waals surface area (Å²) in [6.07, 6.45) is 2.60. The Labute approximate surface area is 278 Å². The summed E-state index contributed by atoms with van der Waals surface area (Å²) < 4.78 is 85.3. The molecule has 0 spiro atoms. The van der Waals surface area contributed by atoms with E-state index in [0.717, 1.165) is 12.8 Å². The average Bonchev–Trinajstić information content (AvgIpc) is 3.69. The monoisotopic (exact) mass is 706 g/mol. The van der Waals surface area contributed by atoms with Gasteiger partial charge in [0.1, 0.15) is 0 Å². The van der Waals surface area contributed by atoms with Gasteiger partial charge in [0.25, 0.3) is 20.0 Å². The number of sulfonamides is 2. The van der Waals surface area contributed by atoms with Crippen molar-refractivity contribution in [2.75, 3.05) is 32.3 Å². The van der Waals surface area contributed by atoms with E-state index < -0.39 is 29.9 Å². The minimum Gasteiger partial charge on any atom is -0.312 e. The first-order chi connectivity index (χ1) is 22.8. The maximum atomic E-state index is 13.8. The van der Waals surface area contributed by atoms with E-state index in [2.05, 4.69) is 9.44 Å². The van der Waals surface area contributed by atoms with Gasteiger partial charge < -0.3 is 9.80 Å². The highest BCUT2D eigenvalue weighted by molar-refractivity contribution is 7.93. The summed E-state index contributed by atoms with van der Waals surface area (Å²) >= 11 is 0. The van der Waals surface area contributed by atoms with E-state index in [1.54, 1.807) is 46.2 Å². The van der Waals surface area contributed by atoms with Crippen LogP contribution in [0.3, 0.4) is 0 Å². The van der Waals surface area contributed by atoms with Crippen molar-refractivity contribution in [1.82, 2.24) is 0 Å². The van der Waals surface area contributed by atoms with Gasteiger partial charge in [-0.2, -0.15) is 0 Å². The lowest BCUT2D eigenvalue weighted by Crippen LogP contribution is -2.23. The molecule has 2 saturated heterocycles. The Balaban J connectivity index is 1.11. The minimum atomic E-state index is -4.17. The standard InChI is InChI=1S/C33H30N4O8S3/c38-32-3-1-17-36(32)26-9-13-28(14-10-26)47(42,43)34-24-7-5-22-19-23-6-8-25(21-31(23)46(40,41)30(22)20-24)35-48(44,45)29-15-11-27(12-16-29)37-18-2-4-33(37)39/h5-16,20-21,34-35H,1-4,17-19H2. The van der Waals surface area contributed by atoms with Crippen LogP contribution in [0, 0.1) is 0 Å². The molecule has 2 fully saturated rings. The number of nitrogens with zero attached hydrogens (tertiary/aromatic N) is 2. The molecule has 12 nitrogen and oxygen atoms in total. The summed E-state index contributed by atoms with van der Waals surface area (Å²) in [5.74, 6) is -0.0420. The van der Waals surface area contributed by atoms with Crippen molar-refractivity contribution in [3.8, 4) is 0 Å². The second-order valence-electron chi connectivity index (χ2n) is 11.8. The van der Waals surface area contributed by atoms with Crippen LogP contribution in [0.15, 0.2) is 105 Å².